The zero-order valence-electron chi connectivity index (χ0n) is 20.4. The van der Waals surface area contributed by atoms with E-state index in [9.17, 15) is 14.9 Å². The lowest BCUT2D eigenvalue weighted by Gasteiger charge is -2.06. The minimum atomic E-state index is -0.483. The van der Waals surface area contributed by atoms with Gasteiger partial charge in [-0.1, -0.05) is 36.4 Å². The molecule has 0 bridgehead atoms. The predicted molar refractivity (Wildman–Crippen MR) is 145 cm³/mol. The summed E-state index contributed by atoms with van der Waals surface area (Å²) < 4.78 is 6.51. The van der Waals surface area contributed by atoms with Gasteiger partial charge in [-0.2, -0.15) is 9.78 Å². The molecule has 11 nitrogen and oxygen atoms in total. The number of fused-ring (bicyclic) bond motifs is 2. The molecule has 11 heteroatoms. The number of nitrogens with one attached hydrogen (secondary N) is 1. The molecule has 0 aliphatic carbocycles. The normalized spacial score (nSPS) is 11.3. The number of amides is 1. The van der Waals surface area contributed by atoms with Gasteiger partial charge in [0.2, 0.25) is 0 Å². The summed E-state index contributed by atoms with van der Waals surface area (Å²) in [5.41, 5.74) is 9.84. The fraction of sp³-hybridized carbons (Fsp3) is 0.111. The molecule has 38 heavy (non-hydrogen) atoms. The summed E-state index contributed by atoms with van der Waals surface area (Å²) in [4.78, 5) is 33.3. The van der Waals surface area contributed by atoms with Crippen molar-refractivity contribution in [2.45, 2.75) is 6.42 Å². The monoisotopic (exact) mass is 509 g/mol. The number of hydrogen-bond acceptors (Lipinski definition) is 8. The minimum absolute atomic E-state index is 0.0546. The van der Waals surface area contributed by atoms with Gasteiger partial charge in [0.25, 0.3) is 11.6 Å². The second kappa shape index (κ2) is 10.3. The molecule has 0 fully saturated rings. The summed E-state index contributed by atoms with van der Waals surface area (Å²) in [5, 5.41) is 18.4. The van der Waals surface area contributed by atoms with Gasteiger partial charge in [0, 0.05) is 24.2 Å². The van der Waals surface area contributed by atoms with Crippen LogP contribution in [0.4, 0.5) is 11.5 Å². The van der Waals surface area contributed by atoms with Crippen molar-refractivity contribution in [2.75, 3.05) is 19.4 Å². The largest absolute Gasteiger partial charge is 0.497 e. The number of carbonyl (C=O) groups is 1. The van der Waals surface area contributed by atoms with Crippen molar-refractivity contribution in [3.05, 3.63) is 99.6 Å². The van der Waals surface area contributed by atoms with E-state index in [4.69, 9.17) is 10.5 Å². The quantitative estimate of drug-likeness (QED) is 0.183. The lowest BCUT2D eigenvalue weighted by Crippen LogP contribution is -2.26. The molecule has 0 saturated heterocycles. The number of nitrogen functional groups attached to an aromatic ring is 1. The molecule has 1 amide bonds. The van der Waals surface area contributed by atoms with Crippen LogP contribution in [-0.2, 0) is 6.42 Å². The number of nitro groups is 1. The SMILES string of the molecule is COc1ccc(CCNC(=O)c2c(N)n(N=Cc3cccc([N+](=O)[O-])c3)c3nc4ccccc4nc23)cc1. The first-order valence-electron chi connectivity index (χ1n) is 11.7. The summed E-state index contributed by atoms with van der Waals surface area (Å²) in [7, 11) is 1.61. The van der Waals surface area contributed by atoms with Crippen LogP contribution in [0.2, 0.25) is 0 Å². The first-order valence-corrected chi connectivity index (χ1v) is 11.7. The van der Waals surface area contributed by atoms with E-state index in [2.05, 4.69) is 20.4 Å². The molecular weight excluding hydrogens is 486 g/mol. The first-order chi connectivity index (χ1) is 18.4. The molecule has 0 aliphatic heterocycles. The maximum Gasteiger partial charge on any atom is 0.270 e. The zero-order valence-corrected chi connectivity index (χ0v) is 20.4. The average molecular weight is 510 g/mol. The van der Waals surface area contributed by atoms with E-state index in [0.717, 1.165) is 11.3 Å². The van der Waals surface area contributed by atoms with Crippen molar-refractivity contribution in [3.63, 3.8) is 0 Å². The van der Waals surface area contributed by atoms with Crippen molar-refractivity contribution in [3.8, 4) is 5.75 Å². The predicted octanol–water partition coefficient (Wildman–Crippen LogP) is 3.94. The number of aromatic nitrogens is 3. The first kappa shape index (κ1) is 24.4. The molecule has 2 aromatic heterocycles. The third-order valence-electron chi connectivity index (χ3n) is 5.96. The number of nitro benzene ring substituents is 1. The number of carbonyl (C=O) groups excluding carboxylic acids is 1. The van der Waals surface area contributed by atoms with Crippen molar-refractivity contribution < 1.29 is 14.5 Å². The van der Waals surface area contributed by atoms with E-state index < -0.39 is 10.8 Å². The number of para-hydroxylation sites is 2. The Labute approximate surface area is 216 Å². The van der Waals surface area contributed by atoms with Gasteiger partial charge in [0.1, 0.15) is 22.6 Å². The van der Waals surface area contributed by atoms with Crippen LogP contribution in [-0.4, -0.2) is 45.3 Å². The van der Waals surface area contributed by atoms with E-state index in [-0.39, 0.29) is 17.1 Å². The molecule has 0 radical (unpaired) electrons. The Morgan fingerprint density at radius 3 is 2.55 bits per heavy atom. The molecule has 5 aromatic rings. The molecule has 2 heterocycles. The Morgan fingerprint density at radius 2 is 1.84 bits per heavy atom. The number of hydrogen-bond donors (Lipinski definition) is 2. The summed E-state index contributed by atoms with van der Waals surface area (Å²) in [6.07, 6.45) is 2.03. The minimum Gasteiger partial charge on any atom is -0.497 e. The lowest BCUT2D eigenvalue weighted by atomic mass is 10.1. The van der Waals surface area contributed by atoms with Crippen LogP contribution in [0.1, 0.15) is 21.5 Å². The Balaban J connectivity index is 1.49. The number of rotatable bonds is 8. The molecule has 3 aromatic carbocycles. The maximum atomic E-state index is 13.3. The standard InChI is InChI=1S/C27H23N7O4/c1-38-20-11-9-17(10-12-20)13-14-29-27(35)23-24-26(32-22-8-3-2-7-21(22)31-24)33(25(23)28)30-16-18-5-4-6-19(15-18)34(36)37/h2-12,15-16H,13-14,28H2,1H3,(H,29,35). The van der Waals surface area contributed by atoms with Crippen molar-refractivity contribution in [1.82, 2.24) is 20.0 Å². The Kier molecular flexibility index (Phi) is 6.64. The lowest BCUT2D eigenvalue weighted by molar-refractivity contribution is -0.384. The second-order valence-electron chi connectivity index (χ2n) is 8.41. The molecule has 190 valence electrons. The number of nitrogens with zero attached hydrogens (tertiary/aromatic N) is 5. The molecule has 0 atom stereocenters. The van der Waals surface area contributed by atoms with Crippen LogP contribution < -0.4 is 15.8 Å². The van der Waals surface area contributed by atoms with Gasteiger partial charge in [-0.05, 0) is 36.2 Å². The van der Waals surface area contributed by atoms with Crippen molar-refractivity contribution in [2.24, 2.45) is 5.10 Å². The van der Waals surface area contributed by atoms with E-state index in [1.165, 1.54) is 23.0 Å². The van der Waals surface area contributed by atoms with Gasteiger partial charge in [0.15, 0.2) is 5.65 Å². The van der Waals surface area contributed by atoms with Crippen LogP contribution in [0.5, 0.6) is 5.75 Å². The van der Waals surface area contributed by atoms with Crippen LogP contribution >= 0.6 is 0 Å². The van der Waals surface area contributed by atoms with Gasteiger partial charge in [-0.25, -0.2) is 9.97 Å². The highest BCUT2D eigenvalue weighted by molar-refractivity contribution is 6.10. The van der Waals surface area contributed by atoms with Crippen LogP contribution in [0.15, 0.2) is 77.9 Å². The van der Waals surface area contributed by atoms with Gasteiger partial charge < -0.3 is 15.8 Å². The molecule has 3 N–H and O–H groups in total. The topological polar surface area (TPSA) is 151 Å². The van der Waals surface area contributed by atoms with Crippen molar-refractivity contribution >= 4 is 45.8 Å². The Bertz CT molecular complexity index is 1690. The van der Waals surface area contributed by atoms with Gasteiger partial charge in [0.05, 0.1) is 29.3 Å². The summed E-state index contributed by atoms with van der Waals surface area (Å²) in [6, 6.07) is 20.9. The highest BCUT2D eigenvalue weighted by atomic mass is 16.6. The number of non-ortho nitro benzene ring substituents is 1. The van der Waals surface area contributed by atoms with E-state index in [0.29, 0.717) is 40.7 Å². The number of anilines is 1. The summed E-state index contributed by atoms with van der Waals surface area (Å²) in [6.45, 7) is 0.370. The molecular formula is C27H23N7O4. The van der Waals surface area contributed by atoms with Crippen LogP contribution in [0.25, 0.3) is 22.2 Å². The number of methoxy groups -OCH3 is 1. The third kappa shape index (κ3) is 4.85. The number of benzene rings is 3. The highest BCUT2D eigenvalue weighted by Crippen LogP contribution is 2.28. The van der Waals surface area contributed by atoms with Crippen LogP contribution in [0.3, 0.4) is 0 Å². The van der Waals surface area contributed by atoms with Gasteiger partial charge in [-0.3, -0.25) is 14.9 Å². The number of nitrogens with two attached hydrogens (primary N) is 1. The molecule has 0 unspecified atom stereocenters. The molecule has 0 spiro atoms. The fourth-order valence-corrected chi connectivity index (χ4v) is 4.03. The second-order valence-corrected chi connectivity index (χ2v) is 8.41. The Hall–Kier alpha value is -5.32. The maximum absolute atomic E-state index is 13.3. The summed E-state index contributed by atoms with van der Waals surface area (Å²) >= 11 is 0. The van der Waals surface area contributed by atoms with E-state index >= 15 is 0 Å². The Morgan fingerprint density at radius 1 is 1.11 bits per heavy atom. The number of ether oxygens (including phenoxy) is 1. The molecule has 5 rings (SSSR count). The average Bonchev–Trinajstić information content (AvgIpc) is 3.20. The smallest absolute Gasteiger partial charge is 0.270 e. The van der Waals surface area contributed by atoms with E-state index in [1.54, 1.807) is 31.4 Å². The van der Waals surface area contributed by atoms with Crippen molar-refractivity contribution in [1.29, 1.82) is 0 Å². The molecule has 0 saturated carbocycles. The van der Waals surface area contributed by atoms with E-state index in [1.807, 2.05) is 36.4 Å². The van der Waals surface area contributed by atoms with Gasteiger partial charge in [-0.15, -0.1) is 0 Å². The molecule has 0 aliphatic rings. The van der Waals surface area contributed by atoms with Gasteiger partial charge >= 0.3 is 0 Å². The fourth-order valence-electron chi connectivity index (χ4n) is 4.03. The van der Waals surface area contributed by atoms with Crippen LogP contribution in [0, 0.1) is 10.1 Å². The third-order valence-corrected chi connectivity index (χ3v) is 5.96. The highest BCUT2D eigenvalue weighted by Gasteiger charge is 2.24. The zero-order chi connectivity index (χ0) is 26.6. The summed E-state index contributed by atoms with van der Waals surface area (Å²) in [5.74, 6) is 0.406.